The number of piperazine rings is 1. The first-order chi connectivity index (χ1) is 11.6. The maximum atomic E-state index is 4.48. The van der Waals surface area contributed by atoms with E-state index in [0.29, 0.717) is 5.92 Å². The third-order valence-electron chi connectivity index (χ3n) is 4.71. The zero-order valence-electron chi connectivity index (χ0n) is 14.7. The van der Waals surface area contributed by atoms with Crippen molar-refractivity contribution in [3.63, 3.8) is 0 Å². The molecule has 3 rings (SSSR count). The summed E-state index contributed by atoms with van der Waals surface area (Å²) in [4.78, 5) is 9.60. The van der Waals surface area contributed by atoms with Crippen molar-refractivity contribution in [3.05, 3.63) is 52.5 Å². The molecule has 1 aromatic carbocycles. The van der Waals surface area contributed by atoms with Crippen LogP contribution in [0.5, 0.6) is 0 Å². The normalized spacial score (nSPS) is 16.8. The number of imidazole rings is 1. The molecule has 1 aliphatic rings. The lowest BCUT2D eigenvalue weighted by Crippen LogP contribution is -2.46. The van der Waals surface area contributed by atoms with Crippen LogP contribution < -0.4 is 0 Å². The summed E-state index contributed by atoms with van der Waals surface area (Å²) in [5.41, 5.74) is 1.40. The van der Waals surface area contributed by atoms with Crippen LogP contribution in [0.25, 0.3) is 0 Å². The van der Waals surface area contributed by atoms with E-state index in [4.69, 9.17) is 0 Å². The Bertz CT molecular complexity index is 627. The molecule has 0 aliphatic carbocycles. The van der Waals surface area contributed by atoms with Crippen LogP contribution in [0.15, 0.2) is 41.1 Å². The molecule has 2 heterocycles. The molecule has 0 radical (unpaired) electrons. The Labute approximate surface area is 153 Å². The van der Waals surface area contributed by atoms with Crippen LogP contribution in [0.2, 0.25) is 0 Å². The molecule has 1 aromatic heterocycles. The van der Waals surface area contributed by atoms with Gasteiger partial charge >= 0.3 is 0 Å². The fraction of sp³-hybridized carbons (Fsp3) is 0.526. The number of aromatic nitrogens is 2. The molecule has 0 unspecified atom stereocenters. The summed E-state index contributed by atoms with van der Waals surface area (Å²) < 4.78 is 3.45. The Morgan fingerprint density at radius 1 is 1.00 bits per heavy atom. The number of halogens is 1. The first kappa shape index (κ1) is 17.6. The maximum Gasteiger partial charge on any atom is 0.111 e. The third kappa shape index (κ3) is 4.68. The summed E-state index contributed by atoms with van der Waals surface area (Å²) in [5, 5.41) is 0. The SMILES string of the molecule is CC(C)c1nccn1CCN1CCN(Cc2ccc(Br)cc2)CC1. The van der Waals surface area contributed by atoms with E-state index in [1.54, 1.807) is 0 Å². The number of hydrogen-bond donors (Lipinski definition) is 0. The van der Waals surface area contributed by atoms with Gasteiger partial charge in [0.25, 0.3) is 0 Å². The number of benzene rings is 1. The molecule has 24 heavy (non-hydrogen) atoms. The van der Waals surface area contributed by atoms with Gasteiger partial charge in [-0.15, -0.1) is 0 Å². The van der Waals surface area contributed by atoms with Gasteiger partial charge in [-0.25, -0.2) is 4.98 Å². The number of hydrogen-bond acceptors (Lipinski definition) is 3. The van der Waals surface area contributed by atoms with Crippen LogP contribution in [0.4, 0.5) is 0 Å². The highest BCUT2D eigenvalue weighted by Gasteiger charge is 2.17. The van der Waals surface area contributed by atoms with Gasteiger partial charge in [-0.05, 0) is 17.7 Å². The summed E-state index contributed by atoms with van der Waals surface area (Å²) in [6.07, 6.45) is 4.03. The van der Waals surface area contributed by atoms with E-state index in [9.17, 15) is 0 Å². The van der Waals surface area contributed by atoms with Crippen LogP contribution in [0, 0.1) is 0 Å². The molecule has 0 bridgehead atoms. The number of nitrogens with zero attached hydrogens (tertiary/aromatic N) is 4. The van der Waals surface area contributed by atoms with E-state index in [0.717, 1.165) is 50.3 Å². The van der Waals surface area contributed by atoms with Crippen LogP contribution in [0.1, 0.15) is 31.2 Å². The van der Waals surface area contributed by atoms with E-state index in [-0.39, 0.29) is 0 Å². The highest BCUT2D eigenvalue weighted by atomic mass is 79.9. The summed E-state index contributed by atoms with van der Waals surface area (Å²) in [6, 6.07) is 8.68. The Morgan fingerprint density at radius 2 is 1.67 bits per heavy atom. The lowest BCUT2D eigenvalue weighted by molar-refractivity contribution is 0.124. The van der Waals surface area contributed by atoms with Crippen molar-refractivity contribution in [1.82, 2.24) is 19.4 Å². The first-order valence-corrected chi connectivity index (χ1v) is 9.61. The van der Waals surface area contributed by atoms with Crippen molar-refractivity contribution in [2.45, 2.75) is 32.9 Å². The summed E-state index contributed by atoms with van der Waals surface area (Å²) in [7, 11) is 0. The molecule has 0 N–H and O–H groups in total. The Kier molecular flexibility index (Phi) is 6.09. The van der Waals surface area contributed by atoms with E-state index in [1.165, 1.54) is 11.4 Å². The van der Waals surface area contributed by atoms with Gasteiger partial charge in [-0.2, -0.15) is 0 Å². The molecule has 1 aliphatic heterocycles. The molecule has 0 atom stereocenters. The molecule has 4 nitrogen and oxygen atoms in total. The number of rotatable bonds is 6. The quantitative estimate of drug-likeness (QED) is 0.752. The Morgan fingerprint density at radius 3 is 2.33 bits per heavy atom. The van der Waals surface area contributed by atoms with Gasteiger partial charge in [0.1, 0.15) is 5.82 Å². The molecular weight excluding hydrogens is 364 g/mol. The highest BCUT2D eigenvalue weighted by Crippen LogP contribution is 2.14. The fourth-order valence-corrected chi connectivity index (χ4v) is 3.54. The van der Waals surface area contributed by atoms with Crippen LogP contribution in [0.3, 0.4) is 0 Å². The maximum absolute atomic E-state index is 4.48. The summed E-state index contributed by atoms with van der Waals surface area (Å²) in [5.74, 6) is 1.69. The first-order valence-electron chi connectivity index (χ1n) is 8.82. The average molecular weight is 391 g/mol. The van der Waals surface area contributed by atoms with Crippen molar-refractivity contribution < 1.29 is 0 Å². The minimum Gasteiger partial charge on any atom is -0.333 e. The molecule has 0 spiro atoms. The smallest absolute Gasteiger partial charge is 0.111 e. The van der Waals surface area contributed by atoms with Gasteiger partial charge in [0.15, 0.2) is 0 Å². The fourth-order valence-electron chi connectivity index (χ4n) is 3.28. The van der Waals surface area contributed by atoms with Crippen LogP contribution in [-0.2, 0) is 13.1 Å². The van der Waals surface area contributed by atoms with Crippen molar-refractivity contribution >= 4 is 15.9 Å². The topological polar surface area (TPSA) is 24.3 Å². The van der Waals surface area contributed by atoms with Crippen molar-refractivity contribution in [3.8, 4) is 0 Å². The van der Waals surface area contributed by atoms with Gasteiger partial charge < -0.3 is 4.57 Å². The Balaban J connectivity index is 1.43. The van der Waals surface area contributed by atoms with Gasteiger partial charge in [0.2, 0.25) is 0 Å². The zero-order chi connectivity index (χ0) is 16.9. The van der Waals surface area contributed by atoms with Crippen LogP contribution in [-0.4, -0.2) is 52.1 Å². The molecule has 1 fully saturated rings. The van der Waals surface area contributed by atoms with Gasteiger partial charge in [-0.1, -0.05) is 41.9 Å². The second-order valence-electron chi connectivity index (χ2n) is 6.88. The lowest BCUT2D eigenvalue weighted by Gasteiger charge is -2.34. The minimum absolute atomic E-state index is 0.489. The zero-order valence-corrected chi connectivity index (χ0v) is 16.2. The van der Waals surface area contributed by atoms with E-state index < -0.39 is 0 Å². The van der Waals surface area contributed by atoms with Crippen molar-refractivity contribution in [2.24, 2.45) is 0 Å². The van der Waals surface area contributed by atoms with Crippen LogP contribution >= 0.6 is 15.9 Å². The molecule has 1 saturated heterocycles. The van der Waals surface area contributed by atoms with E-state index >= 15 is 0 Å². The van der Waals surface area contributed by atoms with Gasteiger partial charge in [-0.3, -0.25) is 9.80 Å². The highest BCUT2D eigenvalue weighted by molar-refractivity contribution is 9.10. The monoisotopic (exact) mass is 390 g/mol. The molecule has 130 valence electrons. The van der Waals surface area contributed by atoms with Crippen molar-refractivity contribution in [2.75, 3.05) is 32.7 Å². The summed E-state index contributed by atoms with van der Waals surface area (Å²) >= 11 is 3.50. The molecule has 2 aromatic rings. The minimum atomic E-state index is 0.489. The molecule has 0 amide bonds. The largest absolute Gasteiger partial charge is 0.333 e. The standard InChI is InChI=1S/C19H27BrN4/c1-16(2)19-21-7-8-24(19)14-13-22-9-11-23(12-10-22)15-17-3-5-18(20)6-4-17/h3-8,16H,9-15H2,1-2H3. The third-order valence-corrected chi connectivity index (χ3v) is 5.23. The predicted molar refractivity (Wildman–Crippen MR) is 102 cm³/mol. The lowest BCUT2D eigenvalue weighted by atomic mass is 10.2. The second kappa shape index (κ2) is 8.28. The van der Waals surface area contributed by atoms with E-state index in [2.05, 4.69) is 79.6 Å². The second-order valence-corrected chi connectivity index (χ2v) is 7.79. The van der Waals surface area contributed by atoms with Gasteiger partial charge in [0, 0.05) is 68.6 Å². The average Bonchev–Trinajstić information content (AvgIpc) is 3.05. The van der Waals surface area contributed by atoms with E-state index in [1.807, 2.05) is 6.20 Å². The molecule has 0 saturated carbocycles. The Hall–Kier alpha value is -1.17. The van der Waals surface area contributed by atoms with Crippen molar-refractivity contribution in [1.29, 1.82) is 0 Å². The molecular formula is C19H27BrN4. The predicted octanol–water partition coefficient (Wildman–Crippen LogP) is 3.59. The molecule has 5 heteroatoms. The van der Waals surface area contributed by atoms with Gasteiger partial charge in [0.05, 0.1) is 0 Å². The summed E-state index contributed by atoms with van der Waals surface area (Å²) in [6.45, 7) is 12.2.